The molecule has 0 bridgehead atoms. The maximum absolute atomic E-state index is 14.1. The predicted octanol–water partition coefficient (Wildman–Crippen LogP) is 4.28. The summed E-state index contributed by atoms with van der Waals surface area (Å²) in [5.41, 5.74) is 6.25. The summed E-state index contributed by atoms with van der Waals surface area (Å²) in [6.45, 7) is 1.56. The second-order valence-corrected chi connectivity index (χ2v) is 6.34. The lowest BCUT2D eigenvalue weighted by molar-refractivity contribution is -0.105. The summed E-state index contributed by atoms with van der Waals surface area (Å²) in [5, 5.41) is 4.72. The SMILES string of the molecule is CSc1cc(N)n(-c2cc(SCC(F)(F)F)c(C)cc2F)n1. The maximum Gasteiger partial charge on any atom is 0.398 e. The molecular weight excluding hydrogens is 338 g/mol. The van der Waals surface area contributed by atoms with E-state index < -0.39 is 17.7 Å². The summed E-state index contributed by atoms with van der Waals surface area (Å²) in [6.07, 6.45) is -2.50. The Morgan fingerprint density at radius 3 is 2.50 bits per heavy atom. The third kappa shape index (κ3) is 3.89. The lowest BCUT2D eigenvalue weighted by Gasteiger charge is -2.12. The maximum atomic E-state index is 14.1. The van der Waals surface area contributed by atoms with Gasteiger partial charge in [-0.3, -0.25) is 0 Å². The lowest BCUT2D eigenvalue weighted by Crippen LogP contribution is -2.11. The van der Waals surface area contributed by atoms with Crippen LogP contribution in [0, 0.1) is 12.7 Å². The Bertz CT molecular complexity index is 683. The van der Waals surface area contributed by atoms with Crippen LogP contribution >= 0.6 is 23.5 Å². The summed E-state index contributed by atoms with van der Waals surface area (Å²) in [5.74, 6) is -1.40. The van der Waals surface area contributed by atoms with Gasteiger partial charge in [-0.2, -0.15) is 18.3 Å². The highest BCUT2D eigenvalue weighted by Gasteiger charge is 2.28. The molecule has 1 heterocycles. The van der Waals surface area contributed by atoms with Crippen molar-refractivity contribution in [2.24, 2.45) is 0 Å². The summed E-state index contributed by atoms with van der Waals surface area (Å²) in [7, 11) is 0. The summed E-state index contributed by atoms with van der Waals surface area (Å²) >= 11 is 1.95. The van der Waals surface area contributed by atoms with E-state index in [1.807, 2.05) is 0 Å². The Labute approximate surface area is 133 Å². The normalized spacial score (nSPS) is 11.9. The van der Waals surface area contributed by atoms with Crippen molar-refractivity contribution in [2.75, 3.05) is 17.7 Å². The molecule has 0 unspecified atom stereocenters. The highest BCUT2D eigenvalue weighted by molar-refractivity contribution is 7.99. The molecule has 1 aromatic heterocycles. The van der Waals surface area contributed by atoms with E-state index >= 15 is 0 Å². The number of nitrogen functional groups attached to an aromatic ring is 1. The van der Waals surface area contributed by atoms with Gasteiger partial charge >= 0.3 is 6.18 Å². The van der Waals surface area contributed by atoms with E-state index in [-0.39, 0.29) is 11.5 Å². The van der Waals surface area contributed by atoms with E-state index in [2.05, 4.69) is 5.10 Å². The number of nitrogens with two attached hydrogens (primary N) is 1. The number of aryl methyl sites for hydroxylation is 1. The fourth-order valence-corrected chi connectivity index (χ4v) is 2.99. The zero-order valence-electron chi connectivity index (χ0n) is 11.7. The topological polar surface area (TPSA) is 43.8 Å². The third-order valence-corrected chi connectivity index (χ3v) is 4.63. The second kappa shape index (κ2) is 6.41. The average Bonchev–Trinajstić information content (AvgIpc) is 2.78. The van der Waals surface area contributed by atoms with Crippen LogP contribution in [0.25, 0.3) is 5.69 Å². The molecule has 0 fully saturated rings. The number of nitrogens with zero attached hydrogens (tertiary/aromatic N) is 2. The first-order valence-electron chi connectivity index (χ1n) is 6.11. The molecule has 0 aliphatic rings. The van der Waals surface area contributed by atoms with Crippen LogP contribution in [0.4, 0.5) is 23.4 Å². The van der Waals surface area contributed by atoms with Crippen molar-refractivity contribution in [1.82, 2.24) is 9.78 Å². The fourth-order valence-electron chi connectivity index (χ4n) is 1.79. The molecule has 0 amide bonds. The first kappa shape index (κ1) is 17.0. The minimum absolute atomic E-state index is 0.0353. The first-order chi connectivity index (χ1) is 10.2. The second-order valence-electron chi connectivity index (χ2n) is 4.50. The molecule has 22 heavy (non-hydrogen) atoms. The monoisotopic (exact) mass is 351 g/mol. The van der Waals surface area contributed by atoms with Gasteiger partial charge in [0.25, 0.3) is 0 Å². The minimum atomic E-state index is -4.29. The quantitative estimate of drug-likeness (QED) is 0.660. The largest absolute Gasteiger partial charge is 0.398 e. The third-order valence-electron chi connectivity index (χ3n) is 2.79. The van der Waals surface area contributed by atoms with Crippen molar-refractivity contribution in [3.8, 4) is 5.69 Å². The molecule has 0 spiro atoms. The van der Waals surface area contributed by atoms with Gasteiger partial charge in [-0.15, -0.1) is 23.5 Å². The number of aromatic nitrogens is 2. The number of thioether (sulfide) groups is 2. The van der Waals surface area contributed by atoms with Gasteiger partial charge in [0.1, 0.15) is 22.3 Å². The number of anilines is 1. The number of hydrogen-bond acceptors (Lipinski definition) is 4. The van der Waals surface area contributed by atoms with Crippen molar-refractivity contribution in [3.05, 3.63) is 29.6 Å². The van der Waals surface area contributed by atoms with E-state index in [1.54, 1.807) is 19.2 Å². The van der Waals surface area contributed by atoms with Crippen molar-refractivity contribution >= 4 is 29.3 Å². The van der Waals surface area contributed by atoms with Crippen molar-refractivity contribution in [1.29, 1.82) is 0 Å². The zero-order chi connectivity index (χ0) is 16.5. The molecule has 2 aromatic rings. The molecule has 0 saturated carbocycles. The van der Waals surface area contributed by atoms with E-state index in [0.29, 0.717) is 27.2 Å². The summed E-state index contributed by atoms with van der Waals surface area (Å²) < 4.78 is 52.4. The van der Waals surface area contributed by atoms with Crippen LogP contribution in [0.3, 0.4) is 0 Å². The Balaban J connectivity index is 2.41. The van der Waals surface area contributed by atoms with E-state index in [0.717, 1.165) is 0 Å². The molecular formula is C13H13F4N3S2. The number of alkyl halides is 3. The Morgan fingerprint density at radius 1 is 1.27 bits per heavy atom. The van der Waals surface area contributed by atoms with Crippen LogP contribution in [-0.2, 0) is 0 Å². The molecule has 0 saturated heterocycles. The fraction of sp³-hybridized carbons (Fsp3) is 0.308. The van der Waals surface area contributed by atoms with Gasteiger partial charge in [-0.1, -0.05) is 0 Å². The van der Waals surface area contributed by atoms with E-state index in [4.69, 9.17) is 5.73 Å². The number of hydrogen-bond donors (Lipinski definition) is 1. The van der Waals surface area contributed by atoms with Crippen LogP contribution in [0.5, 0.6) is 0 Å². The number of rotatable bonds is 4. The molecule has 0 aliphatic carbocycles. The van der Waals surface area contributed by atoms with Crippen LogP contribution in [0.2, 0.25) is 0 Å². The molecule has 0 radical (unpaired) electrons. The summed E-state index contributed by atoms with van der Waals surface area (Å²) in [4.78, 5) is 0.342. The molecule has 2 N–H and O–H groups in total. The molecule has 9 heteroatoms. The molecule has 2 rings (SSSR count). The van der Waals surface area contributed by atoms with Crippen LogP contribution in [0.1, 0.15) is 5.56 Å². The lowest BCUT2D eigenvalue weighted by atomic mass is 10.2. The van der Waals surface area contributed by atoms with Gasteiger partial charge in [0, 0.05) is 11.0 Å². The van der Waals surface area contributed by atoms with E-state index in [9.17, 15) is 17.6 Å². The minimum Gasteiger partial charge on any atom is -0.384 e. The smallest absolute Gasteiger partial charge is 0.384 e. The van der Waals surface area contributed by atoms with Gasteiger partial charge < -0.3 is 5.73 Å². The molecule has 0 aliphatic heterocycles. The first-order valence-corrected chi connectivity index (χ1v) is 8.32. The Morgan fingerprint density at radius 2 is 1.95 bits per heavy atom. The van der Waals surface area contributed by atoms with Crippen molar-refractivity contribution in [2.45, 2.75) is 23.0 Å². The molecule has 0 atom stereocenters. The van der Waals surface area contributed by atoms with Crippen LogP contribution in [0.15, 0.2) is 28.1 Å². The molecule has 3 nitrogen and oxygen atoms in total. The Kier molecular flexibility index (Phi) is 4.96. The number of halogens is 4. The van der Waals surface area contributed by atoms with Gasteiger partial charge in [-0.05, 0) is 30.9 Å². The summed E-state index contributed by atoms with van der Waals surface area (Å²) in [6, 6.07) is 4.11. The van der Waals surface area contributed by atoms with Crippen molar-refractivity contribution in [3.63, 3.8) is 0 Å². The zero-order valence-corrected chi connectivity index (χ0v) is 13.4. The van der Waals surface area contributed by atoms with Gasteiger partial charge in [-0.25, -0.2) is 9.07 Å². The highest BCUT2D eigenvalue weighted by Crippen LogP contribution is 2.32. The van der Waals surface area contributed by atoms with Crippen molar-refractivity contribution < 1.29 is 17.6 Å². The highest BCUT2D eigenvalue weighted by atomic mass is 32.2. The predicted molar refractivity (Wildman–Crippen MR) is 81.2 cm³/mol. The number of benzene rings is 1. The van der Waals surface area contributed by atoms with Gasteiger partial charge in [0.15, 0.2) is 0 Å². The van der Waals surface area contributed by atoms with Crippen LogP contribution in [-0.4, -0.2) is 28.0 Å². The molecule has 120 valence electrons. The van der Waals surface area contributed by atoms with E-state index in [1.165, 1.54) is 28.6 Å². The van der Waals surface area contributed by atoms with Gasteiger partial charge in [0.2, 0.25) is 0 Å². The van der Waals surface area contributed by atoms with Gasteiger partial charge in [0.05, 0.1) is 5.75 Å². The molecule has 1 aromatic carbocycles. The Hall–Kier alpha value is -1.35. The standard InChI is InChI=1S/C13H13F4N3S2/c1-7-3-8(14)9(4-10(7)22-6-13(15,16)17)20-11(18)5-12(19-20)21-2/h3-5H,6,18H2,1-2H3. The average molecular weight is 351 g/mol. The van der Waals surface area contributed by atoms with Crippen LogP contribution < -0.4 is 5.73 Å².